The number of hydrogen-bond donors (Lipinski definition) is 2. The fraction of sp³-hybridized carbons (Fsp3) is 0.208. The number of hydrogen-bond acceptors (Lipinski definition) is 7. The molecule has 3 aromatic rings. The van der Waals surface area contributed by atoms with Gasteiger partial charge in [-0.05, 0) is 55.5 Å². The van der Waals surface area contributed by atoms with E-state index in [0.29, 0.717) is 39.4 Å². The maximum Gasteiger partial charge on any atom is 0.337 e. The largest absolute Gasteiger partial charge is 0.465 e. The molecule has 11 heteroatoms. The second-order valence-electron chi connectivity index (χ2n) is 7.35. The number of nitrogens with one attached hydrogen (secondary N) is 2. The van der Waals surface area contributed by atoms with E-state index in [1.165, 1.54) is 18.9 Å². The molecule has 0 spiro atoms. The number of ether oxygens (including phenoxy) is 1. The molecule has 1 heterocycles. The van der Waals surface area contributed by atoms with E-state index < -0.39 is 12.0 Å². The number of anilines is 1. The Morgan fingerprint density at radius 2 is 1.77 bits per heavy atom. The summed E-state index contributed by atoms with van der Waals surface area (Å²) in [5.41, 5.74) is 1.42. The maximum absolute atomic E-state index is 12.6. The van der Waals surface area contributed by atoms with Gasteiger partial charge in [0.1, 0.15) is 0 Å². The maximum atomic E-state index is 12.6. The highest BCUT2D eigenvalue weighted by Crippen LogP contribution is 2.22. The van der Waals surface area contributed by atoms with Crippen molar-refractivity contribution in [3.63, 3.8) is 0 Å². The lowest BCUT2D eigenvalue weighted by molar-refractivity contribution is -0.113. The van der Waals surface area contributed by atoms with Crippen molar-refractivity contribution in [1.29, 1.82) is 0 Å². The van der Waals surface area contributed by atoms with Gasteiger partial charge in [-0.2, -0.15) is 0 Å². The van der Waals surface area contributed by atoms with Crippen molar-refractivity contribution in [3.8, 4) is 0 Å². The average Bonchev–Trinajstić information content (AvgIpc) is 3.26. The predicted molar refractivity (Wildman–Crippen MR) is 135 cm³/mol. The second-order valence-corrected chi connectivity index (χ2v) is 8.73. The van der Waals surface area contributed by atoms with Gasteiger partial charge in [0.05, 0.1) is 24.5 Å². The third kappa shape index (κ3) is 6.93. The SMILES string of the molecule is C=CCn1c(SCC(=O)Nc2ccc(C(=O)OC)cc2)nnc1[C@@H](C)NC(=O)c1ccc(Cl)cc1. The van der Waals surface area contributed by atoms with Crippen LogP contribution in [0.1, 0.15) is 39.5 Å². The Kier molecular flexibility index (Phi) is 9.04. The Hall–Kier alpha value is -3.63. The Morgan fingerprint density at radius 3 is 2.40 bits per heavy atom. The number of esters is 1. The number of methoxy groups -OCH3 is 1. The Labute approximate surface area is 211 Å². The van der Waals surface area contributed by atoms with Crippen LogP contribution in [-0.2, 0) is 16.1 Å². The lowest BCUT2D eigenvalue weighted by Crippen LogP contribution is -2.28. The van der Waals surface area contributed by atoms with Gasteiger partial charge < -0.3 is 19.9 Å². The van der Waals surface area contributed by atoms with Crippen molar-refractivity contribution < 1.29 is 19.1 Å². The van der Waals surface area contributed by atoms with Crippen molar-refractivity contribution in [3.05, 3.63) is 83.2 Å². The first-order chi connectivity index (χ1) is 16.8. The van der Waals surface area contributed by atoms with Gasteiger partial charge in [-0.1, -0.05) is 29.4 Å². The van der Waals surface area contributed by atoms with Crippen LogP contribution in [0.3, 0.4) is 0 Å². The molecule has 1 atom stereocenters. The first kappa shape index (κ1) is 26.0. The smallest absolute Gasteiger partial charge is 0.337 e. The molecule has 2 amide bonds. The summed E-state index contributed by atoms with van der Waals surface area (Å²) in [6.07, 6.45) is 1.69. The van der Waals surface area contributed by atoms with Crippen LogP contribution in [0.2, 0.25) is 5.02 Å². The number of allylic oxidation sites excluding steroid dienone is 1. The summed E-state index contributed by atoms with van der Waals surface area (Å²) in [6.45, 7) is 5.98. The van der Waals surface area contributed by atoms with Gasteiger partial charge in [0.15, 0.2) is 11.0 Å². The molecule has 0 radical (unpaired) electrons. The number of rotatable bonds is 10. The topological polar surface area (TPSA) is 115 Å². The van der Waals surface area contributed by atoms with Crippen LogP contribution in [0.5, 0.6) is 0 Å². The first-order valence-electron chi connectivity index (χ1n) is 10.5. The number of carbonyl (C=O) groups is 3. The molecule has 9 nitrogen and oxygen atoms in total. The van der Waals surface area contributed by atoms with Crippen LogP contribution in [0.15, 0.2) is 66.3 Å². The molecule has 35 heavy (non-hydrogen) atoms. The molecule has 0 saturated heterocycles. The predicted octanol–water partition coefficient (Wildman–Crippen LogP) is 4.13. The van der Waals surface area contributed by atoms with Crippen LogP contribution < -0.4 is 10.6 Å². The number of carbonyl (C=O) groups excluding carboxylic acids is 3. The molecule has 1 aromatic heterocycles. The minimum absolute atomic E-state index is 0.0829. The van der Waals surface area contributed by atoms with E-state index >= 15 is 0 Å². The molecule has 3 rings (SSSR count). The minimum Gasteiger partial charge on any atom is -0.465 e. The highest BCUT2D eigenvalue weighted by molar-refractivity contribution is 7.99. The number of benzene rings is 2. The number of halogens is 1. The van der Waals surface area contributed by atoms with E-state index in [2.05, 4.69) is 32.1 Å². The number of amides is 2. The van der Waals surface area contributed by atoms with E-state index in [-0.39, 0.29) is 17.6 Å². The van der Waals surface area contributed by atoms with Crippen LogP contribution in [-0.4, -0.2) is 45.4 Å². The van der Waals surface area contributed by atoms with Gasteiger partial charge >= 0.3 is 5.97 Å². The van der Waals surface area contributed by atoms with E-state index in [4.69, 9.17) is 11.6 Å². The van der Waals surface area contributed by atoms with E-state index in [9.17, 15) is 14.4 Å². The molecule has 0 aliphatic rings. The zero-order valence-corrected chi connectivity index (χ0v) is 20.7. The number of thioether (sulfide) groups is 1. The summed E-state index contributed by atoms with van der Waals surface area (Å²) < 4.78 is 6.46. The van der Waals surface area contributed by atoms with Crippen molar-refractivity contribution in [2.24, 2.45) is 0 Å². The van der Waals surface area contributed by atoms with Crippen molar-refractivity contribution in [2.45, 2.75) is 24.7 Å². The summed E-state index contributed by atoms with van der Waals surface area (Å²) >= 11 is 7.10. The lowest BCUT2D eigenvalue weighted by atomic mass is 10.2. The van der Waals surface area contributed by atoms with Crippen LogP contribution in [0, 0.1) is 0 Å². The zero-order valence-electron chi connectivity index (χ0n) is 19.2. The fourth-order valence-electron chi connectivity index (χ4n) is 3.11. The normalized spacial score (nSPS) is 11.4. The van der Waals surface area contributed by atoms with Crippen molar-refractivity contribution in [1.82, 2.24) is 20.1 Å². The summed E-state index contributed by atoms with van der Waals surface area (Å²) in [5, 5.41) is 15.1. The quantitative estimate of drug-likeness (QED) is 0.238. The van der Waals surface area contributed by atoms with Crippen molar-refractivity contribution in [2.75, 3.05) is 18.2 Å². The van der Waals surface area contributed by atoms with Crippen LogP contribution in [0.4, 0.5) is 5.69 Å². The monoisotopic (exact) mass is 513 g/mol. The van der Waals surface area contributed by atoms with Gasteiger partial charge in [0, 0.05) is 22.8 Å². The molecule has 0 bridgehead atoms. The first-order valence-corrected chi connectivity index (χ1v) is 11.9. The molecular formula is C24H24ClN5O4S. The highest BCUT2D eigenvalue weighted by Gasteiger charge is 2.20. The van der Waals surface area contributed by atoms with Gasteiger partial charge in [-0.25, -0.2) is 4.79 Å². The number of nitrogens with zero attached hydrogens (tertiary/aromatic N) is 3. The molecule has 0 saturated carbocycles. The molecule has 0 aliphatic heterocycles. The van der Waals surface area contributed by atoms with Crippen LogP contribution >= 0.6 is 23.4 Å². The van der Waals surface area contributed by atoms with E-state index in [1.54, 1.807) is 66.1 Å². The molecule has 0 fully saturated rings. The van der Waals surface area contributed by atoms with Crippen molar-refractivity contribution >= 4 is 46.8 Å². The summed E-state index contributed by atoms with van der Waals surface area (Å²) in [6, 6.07) is 12.5. The minimum atomic E-state index is -0.450. The van der Waals surface area contributed by atoms with E-state index in [1.807, 2.05) is 0 Å². The van der Waals surface area contributed by atoms with E-state index in [0.717, 1.165) is 0 Å². The third-order valence-electron chi connectivity index (χ3n) is 4.82. The standard InChI is InChI=1S/C24H24ClN5O4S/c1-4-13-30-21(15(2)26-22(32)16-5-9-18(25)10-6-16)28-29-24(30)35-14-20(31)27-19-11-7-17(8-12-19)23(33)34-3/h4-12,15H,1,13-14H2,2-3H3,(H,26,32)(H,27,31)/t15-/m1/s1. The van der Waals surface area contributed by atoms with Gasteiger partial charge in [0.2, 0.25) is 5.91 Å². The molecular weight excluding hydrogens is 490 g/mol. The van der Waals surface area contributed by atoms with Gasteiger partial charge in [-0.3, -0.25) is 9.59 Å². The molecule has 2 aromatic carbocycles. The summed E-state index contributed by atoms with van der Waals surface area (Å²) in [7, 11) is 1.31. The lowest BCUT2D eigenvalue weighted by Gasteiger charge is -2.15. The second kappa shape index (κ2) is 12.2. The highest BCUT2D eigenvalue weighted by atomic mass is 35.5. The Balaban J connectivity index is 1.62. The summed E-state index contributed by atoms with van der Waals surface area (Å²) in [4.78, 5) is 36.5. The zero-order chi connectivity index (χ0) is 25.4. The Morgan fingerprint density at radius 1 is 1.11 bits per heavy atom. The average molecular weight is 514 g/mol. The molecule has 0 aliphatic carbocycles. The molecule has 0 unspecified atom stereocenters. The number of aromatic nitrogens is 3. The molecule has 182 valence electrons. The van der Waals surface area contributed by atoms with Gasteiger partial charge in [0.25, 0.3) is 5.91 Å². The van der Waals surface area contributed by atoms with Crippen LogP contribution in [0.25, 0.3) is 0 Å². The summed E-state index contributed by atoms with van der Waals surface area (Å²) in [5.74, 6) is -0.351. The third-order valence-corrected chi connectivity index (χ3v) is 6.04. The van der Waals surface area contributed by atoms with Gasteiger partial charge in [-0.15, -0.1) is 16.8 Å². The Bertz CT molecular complexity index is 1210. The fourth-order valence-corrected chi connectivity index (χ4v) is 3.99. The molecule has 2 N–H and O–H groups in total.